The van der Waals surface area contributed by atoms with Gasteiger partial charge in [-0.15, -0.1) is 5.10 Å². The molecule has 0 radical (unpaired) electrons. The van der Waals surface area contributed by atoms with Crippen LogP contribution in [0.15, 0.2) is 51.9 Å². The summed E-state index contributed by atoms with van der Waals surface area (Å²) in [4.78, 5) is 18.3. The fraction of sp³-hybridized carbons (Fsp3) is 0.462. The number of aromatic nitrogens is 5. The number of tetrazole rings is 1. The van der Waals surface area contributed by atoms with Crippen molar-refractivity contribution < 1.29 is 9.15 Å². The topological polar surface area (TPSA) is 102 Å². The van der Waals surface area contributed by atoms with E-state index in [1.807, 2.05) is 35.0 Å². The first kappa shape index (κ1) is 23.4. The Morgan fingerprint density at radius 1 is 1.23 bits per heavy atom. The molecule has 1 aliphatic heterocycles. The van der Waals surface area contributed by atoms with Crippen molar-refractivity contribution in [1.29, 1.82) is 0 Å². The molecule has 5 rings (SSSR count). The van der Waals surface area contributed by atoms with Gasteiger partial charge in [-0.2, -0.15) is 0 Å². The summed E-state index contributed by atoms with van der Waals surface area (Å²) in [5.74, 6) is 1.78. The third kappa shape index (κ3) is 5.21. The van der Waals surface area contributed by atoms with Crippen LogP contribution in [-0.4, -0.2) is 42.8 Å². The quantitative estimate of drug-likeness (QED) is 0.390. The molecule has 3 aromatic heterocycles. The minimum atomic E-state index is -0.135. The van der Waals surface area contributed by atoms with E-state index in [0.29, 0.717) is 25.2 Å². The molecule has 1 N–H and O–H groups in total. The molecule has 1 saturated heterocycles. The average molecular weight is 477 g/mol. The maximum atomic E-state index is 13.1. The first-order chi connectivity index (χ1) is 17.0. The van der Waals surface area contributed by atoms with Gasteiger partial charge in [0.25, 0.3) is 5.56 Å². The monoisotopic (exact) mass is 476 g/mol. The zero-order valence-electron chi connectivity index (χ0n) is 20.5. The number of ether oxygens (including phenoxy) is 1. The van der Waals surface area contributed by atoms with Gasteiger partial charge < -0.3 is 14.1 Å². The lowest BCUT2D eigenvalue weighted by molar-refractivity contribution is 0.0836. The minimum absolute atomic E-state index is 0.0905. The molecule has 4 aromatic rings. The van der Waals surface area contributed by atoms with E-state index >= 15 is 0 Å². The van der Waals surface area contributed by atoms with E-state index in [4.69, 9.17) is 9.15 Å². The summed E-state index contributed by atoms with van der Waals surface area (Å²) in [6, 6.07) is 11.7. The molecule has 0 saturated carbocycles. The standard InChI is InChI=1S/C26H32N6O3/c1-17(2)24(25-28-29-30-32(25)16-22-7-5-11-35-22)31(15-21-6-4-10-34-21)14-20-13-19-12-18(3)8-9-23(19)27-26(20)33/h4,6,8-10,12-13,17,22,24H,5,7,11,14-16H2,1-3H3,(H,27,33)/t22-,24+/m1/s1. The highest BCUT2D eigenvalue weighted by Gasteiger charge is 2.31. The Bertz CT molecular complexity index is 1320. The Hall–Kier alpha value is -3.30. The smallest absolute Gasteiger partial charge is 0.252 e. The highest BCUT2D eigenvalue weighted by Crippen LogP contribution is 2.31. The SMILES string of the molecule is Cc1ccc2[nH]c(=O)c(CN(Cc3ccco3)[C@H](c3nnnn3C[C@H]3CCCO3)C(C)C)cc2c1. The van der Waals surface area contributed by atoms with Gasteiger partial charge in [0, 0.05) is 24.2 Å². The molecule has 0 amide bonds. The molecule has 35 heavy (non-hydrogen) atoms. The van der Waals surface area contributed by atoms with E-state index in [-0.39, 0.29) is 23.6 Å². The highest BCUT2D eigenvalue weighted by molar-refractivity contribution is 5.79. The predicted molar refractivity (Wildman–Crippen MR) is 132 cm³/mol. The normalized spacial score (nSPS) is 17.1. The molecule has 9 heteroatoms. The molecule has 0 unspecified atom stereocenters. The third-order valence-electron chi connectivity index (χ3n) is 6.64. The first-order valence-electron chi connectivity index (χ1n) is 12.2. The van der Waals surface area contributed by atoms with Crippen molar-refractivity contribution in [2.24, 2.45) is 5.92 Å². The van der Waals surface area contributed by atoms with Gasteiger partial charge in [-0.25, -0.2) is 4.68 Å². The molecular weight excluding hydrogens is 444 g/mol. The van der Waals surface area contributed by atoms with Gasteiger partial charge in [0.05, 0.1) is 31.5 Å². The van der Waals surface area contributed by atoms with Crippen LogP contribution in [0.1, 0.15) is 55.4 Å². The molecule has 184 valence electrons. The number of benzene rings is 1. The molecule has 1 fully saturated rings. The Labute approximate surface area is 204 Å². The molecule has 1 aliphatic rings. The summed E-state index contributed by atoms with van der Waals surface area (Å²) in [7, 11) is 0. The lowest BCUT2D eigenvalue weighted by Crippen LogP contribution is -2.35. The number of pyridine rings is 1. The van der Waals surface area contributed by atoms with Gasteiger partial charge in [-0.3, -0.25) is 9.69 Å². The van der Waals surface area contributed by atoms with Crippen LogP contribution in [0.4, 0.5) is 0 Å². The number of fused-ring (bicyclic) bond motifs is 1. The fourth-order valence-electron chi connectivity index (χ4n) is 4.98. The van der Waals surface area contributed by atoms with Crippen molar-refractivity contribution in [3.05, 3.63) is 75.7 Å². The molecular formula is C26H32N6O3. The fourth-order valence-corrected chi connectivity index (χ4v) is 4.98. The van der Waals surface area contributed by atoms with Crippen molar-refractivity contribution >= 4 is 10.9 Å². The van der Waals surface area contributed by atoms with Gasteiger partial charge in [-0.1, -0.05) is 25.5 Å². The number of hydrogen-bond acceptors (Lipinski definition) is 7. The molecule has 4 heterocycles. The summed E-state index contributed by atoms with van der Waals surface area (Å²) in [6.45, 7) is 8.71. The Morgan fingerprint density at radius 2 is 2.11 bits per heavy atom. The first-order valence-corrected chi connectivity index (χ1v) is 12.2. The predicted octanol–water partition coefficient (Wildman–Crippen LogP) is 3.99. The maximum absolute atomic E-state index is 13.1. The summed E-state index contributed by atoms with van der Waals surface area (Å²) in [5.41, 5.74) is 2.59. The molecule has 1 aromatic carbocycles. The molecule has 0 aliphatic carbocycles. The Balaban J connectivity index is 1.52. The maximum Gasteiger partial charge on any atom is 0.252 e. The summed E-state index contributed by atoms with van der Waals surface area (Å²) in [6.07, 6.45) is 3.86. The van der Waals surface area contributed by atoms with E-state index in [0.717, 1.165) is 47.5 Å². The minimum Gasteiger partial charge on any atom is -0.468 e. The van der Waals surface area contributed by atoms with E-state index in [9.17, 15) is 4.79 Å². The van der Waals surface area contributed by atoms with Gasteiger partial charge in [0.1, 0.15) is 5.76 Å². The number of aromatic amines is 1. The number of rotatable bonds is 9. The molecule has 9 nitrogen and oxygen atoms in total. The molecule has 2 atom stereocenters. The Morgan fingerprint density at radius 3 is 2.86 bits per heavy atom. The van der Waals surface area contributed by atoms with Crippen LogP contribution < -0.4 is 5.56 Å². The van der Waals surface area contributed by atoms with Crippen molar-refractivity contribution in [3.63, 3.8) is 0 Å². The van der Waals surface area contributed by atoms with Gasteiger partial charge in [0.15, 0.2) is 5.82 Å². The van der Waals surface area contributed by atoms with Crippen LogP contribution in [0.5, 0.6) is 0 Å². The van der Waals surface area contributed by atoms with E-state index in [1.54, 1.807) is 6.26 Å². The van der Waals surface area contributed by atoms with E-state index in [1.165, 1.54) is 0 Å². The number of nitrogens with one attached hydrogen (secondary N) is 1. The second kappa shape index (κ2) is 10.1. The molecule has 0 bridgehead atoms. The van der Waals surface area contributed by atoms with Crippen LogP contribution in [0.2, 0.25) is 0 Å². The van der Waals surface area contributed by atoms with E-state index < -0.39 is 0 Å². The van der Waals surface area contributed by atoms with Gasteiger partial charge >= 0.3 is 0 Å². The van der Waals surface area contributed by atoms with Crippen LogP contribution in [0, 0.1) is 12.8 Å². The number of aryl methyl sites for hydroxylation is 1. The summed E-state index contributed by atoms with van der Waals surface area (Å²) >= 11 is 0. The summed E-state index contributed by atoms with van der Waals surface area (Å²) in [5, 5.41) is 13.8. The van der Waals surface area contributed by atoms with E-state index in [2.05, 4.69) is 52.2 Å². The summed E-state index contributed by atoms with van der Waals surface area (Å²) < 4.78 is 13.4. The molecule has 0 spiro atoms. The number of hydrogen-bond donors (Lipinski definition) is 1. The number of furan rings is 1. The zero-order chi connectivity index (χ0) is 24.4. The number of nitrogens with zero attached hydrogens (tertiary/aromatic N) is 5. The highest BCUT2D eigenvalue weighted by atomic mass is 16.5. The van der Waals surface area contributed by atoms with Crippen LogP contribution in [-0.2, 0) is 24.4 Å². The van der Waals surface area contributed by atoms with Crippen LogP contribution >= 0.6 is 0 Å². The lowest BCUT2D eigenvalue weighted by Gasteiger charge is -2.33. The third-order valence-corrected chi connectivity index (χ3v) is 6.64. The second-order valence-electron chi connectivity index (χ2n) is 9.74. The van der Waals surface area contributed by atoms with Crippen molar-refractivity contribution in [3.8, 4) is 0 Å². The van der Waals surface area contributed by atoms with Crippen LogP contribution in [0.25, 0.3) is 10.9 Å². The zero-order valence-corrected chi connectivity index (χ0v) is 20.5. The number of H-pyrrole nitrogens is 1. The van der Waals surface area contributed by atoms with Crippen molar-refractivity contribution in [1.82, 2.24) is 30.1 Å². The van der Waals surface area contributed by atoms with Crippen LogP contribution in [0.3, 0.4) is 0 Å². The van der Waals surface area contributed by atoms with Crippen molar-refractivity contribution in [2.75, 3.05) is 6.61 Å². The Kier molecular flexibility index (Phi) is 6.79. The van der Waals surface area contributed by atoms with Crippen molar-refractivity contribution in [2.45, 2.75) is 65.4 Å². The lowest BCUT2D eigenvalue weighted by atomic mass is 10.00. The second-order valence-corrected chi connectivity index (χ2v) is 9.74. The largest absolute Gasteiger partial charge is 0.468 e. The van der Waals surface area contributed by atoms with Gasteiger partial charge in [-0.05, 0) is 71.8 Å². The van der Waals surface area contributed by atoms with Gasteiger partial charge in [0.2, 0.25) is 0 Å². The average Bonchev–Trinajstić information content (AvgIpc) is 3.59.